The highest BCUT2D eigenvalue weighted by molar-refractivity contribution is 5.52. The molecule has 0 aliphatic heterocycles. The summed E-state index contributed by atoms with van der Waals surface area (Å²) in [6, 6.07) is 2.09. The zero-order valence-electron chi connectivity index (χ0n) is 18.0. The SMILES string of the molecule is CCn1ccc(/C=C2\C[C@@H]3[C@H]4CC[C@H]5CCCC[C@]5(C)[C@@H]4CC[C@]3(C)[C@@H]2O)n1. The summed E-state index contributed by atoms with van der Waals surface area (Å²) in [5.41, 5.74) is 2.89. The van der Waals surface area contributed by atoms with E-state index in [1.54, 1.807) is 0 Å². The van der Waals surface area contributed by atoms with Crippen LogP contribution in [-0.2, 0) is 6.54 Å². The van der Waals surface area contributed by atoms with Gasteiger partial charge in [0.15, 0.2) is 0 Å². The molecule has 154 valence electrons. The Balaban J connectivity index is 1.44. The molecule has 3 heteroatoms. The van der Waals surface area contributed by atoms with Crippen LogP contribution in [-0.4, -0.2) is 21.0 Å². The highest BCUT2D eigenvalue weighted by Gasteiger charge is 2.60. The van der Waals surface area contributed by atoms with Gasteiger partial charge in [-0.2, -0.15) is 5.10 Å². The molecule has 28 heavy (non-hydrogen) atoms. The highest BCUT2D eigenvalue weighted by Crippen LogP contribution is 2.66. The average Bonchev–Trinajstić information content (AvgIpc) is 3.25. The third kappa shape index (κ3) is 2.68. The molecular formula is C25H38N2O. The maximum atomic E-state index is 11.4. The van der Waals surface area contributed by atoms with Crippen molar-refractivity contribution < 1.29 is 5.11 Å². The molecule has 0 saturated heterocycles. The maximum absolute atomic E-state index is 11.4. The topological polar surface area (TPSA) is 38.0 Å². The maximum Gasteiger partial charge on any atom is 0.0851 e. The molecule has 0 radical (unpaired) electrons. The monoisotopic (exact) mass is 382 g/mol. The van der Waals surface area contributed by atoms with Crippen molar-refractivity contribution in [3.8, 4) is 0 Å². The van der Waals surface area contributed by atoms with E-state index >= 15 is 0 Å². The molecule has 0 aromatic carbocycles. The molecule has 1 heterocycles. The highest BCUT2D eigenvalue weighted by atomic mass is 16.3. The van der Waals surface area contributed by atoms with E-state index in [-0.39, 0.29) is 11.5 Å². The zero-order valence-corrected chi connectivity index (χ0v) is 18.0. The minimum atomic E-state index is -0.290. The van der Waals surface area contributed by atoms with Crippen LogP contribution in [0.15, 0.2) is 17.8 Å². The van der Waals surface area contributed by atoms with Gasteiger partial charge in [0.2, 0.25) is 0 Å². The van der Waals surface area contributed by atoms with E-state index in [1.807, 2.05) is 10.9 Å². The summed E-state index contributed by atoms with van der Waals surface area (Å²) >= 11 is 0. The predicted octanol–water partition coefficient (Wildman–Crippen LogP) is 5.69. The van der Waals surface area contributed by atoms with E-state index in [9.17, 15) is 5.11 Å². The van der Waals surface area contributed by atoms with Crippen molar-refractivity contribution in [1.29, 1.82) is 0 Å². The molecule has 0 unspecified atom stereocenters. The first-order chi connectivity index (χ1) is 13.5. The van der Waals surface area contributed by atoms with Gasteiger partial charge in [0.1, 0.15) is 0 Å². The summed E-state index contributed by atoms with van der Waals surface area (Å²) in [6.45, 7) is 8.04. The first kappa shape index (κ1) is 18.9. The molecule has 0 amide bonds. The number of rotatable bonds is 2. The van der Waals surface area contributed by atoms with Gasteiger partial charge in [-0.3, -0.25) is 4.68 Å². The fourth-order valence-corrected chi connectivity index (χ4v) is 8.11. The lowest BCUT2D eigenvalue weighted by Gasteiger charge is -2.60. The van der Waals surface area contributed by atoms with E-state index < -0.39 is 0 Å². The van der Waals surface area contributed by atoms with Gasteiger partial charge < -0.3 is 5.11 Å². The molecule has 4 saturated carbocycles. The number of aromatic nitrogens is 2. The minimum Gasteiger partial charge on any atom is -0.388 e. The normalized spacial score (nSPS) is 46.9. The number of aliphatic hydroxyl groups is 1. The molecule has 3 nitrogen and oxygen atoms in total. The molecule has 7 atom stereocenters. The van der Waals surface area contributed by atoms with Gasteiger partial charge in [-0.15, -0.1) is 0 Å². The fraction of sp³-hybridized carbons (Fsp3) is 0.800. The molecule has 1 aromatic rings. The van der Waals surface area contributed by atoms with Crippen LogP contribution in [0.5, 0.6) is 0 Å². The lowest BCUT2D eigenvalue weighted by Crippen LogP contribution is -2.53. The number of nitrogens with zero attached hydrogens (tertiary/aromatic N) is 2. The van der Waals surface area contributed by atoms with Crippen LogP contribution in [0.2, 0.25) is 0 Å². The first-order valence-corrected chi connectivity index (χ1v) is 11.9. The van der Waals surface area contributed by atoms with Crippen molar-refractivity contribution >= 4 is 6.08 Å². The summed E-state index contributed by atoms with van der Waals surface area (Å²) in [5.74, 6) is 3.31. The Labute approximate surface area is 170 Å². The first-order valence-electron chi connectivity index (χ1n) is 11.9. The lowest BCUT2D eigenvalue weighted by atomic mass is 9.45. The van der Waals surface area contributed by atoms with Gasteiger partial charge in [-0.25, -0.2) is 0 Å². The van der Waals surface area contributed by atoms with Gasteiger partial charge in [0.25, 0.3) is 0 Å². The molecule has 4 fully saturated rings. The summed E-state index contributed by atoms with van der Waals surface area (Å²) in [4.78, 5) is 0. The van der Waals surface area contributed by atoms with Gasteiger partial charge >= 0.3 is 0 Å². The Morgan fingerprint density at radius 3 is 2.75 bits per heavy atom. The van der Waals surface area contributed by atoms with Crippen molar-refractivity contribution in [1.82, 2.24) is 9.78 Å². The Bertz CT molecular complexity index is 766. The van der Waals surface area contributed by atoms with Gasteiger partial charge in [0.05, 0.1) is 11.8 Å². The summed E-state index contributed by atoms with van der Waals surface area (Å²) in [5, 5.41) is 16.0. The Morgan fingerprint density at radius 1 is 1.11 bits per heavy atom. The van der Waals surface area contributed by atoms with Gasteiger partial charge in [-0.05, 0) is 98.7 Å². The van der Waals surface area contributed by atoms with E-state index in [0.717, 1.165) is 36.4 Å². The zero-order chi connectivity index (χ0) is 19.5. The molecule has 0 spiro atoms. The Hall–Kier alpha value is -1.09. The van der Waals surface area contributed by atoms with E-state index in [1.165, 1.54) is 56.9 Å². The molecule has 0 bridgehead atoms. The largest absolute Gasteiger partial charge is 0.388 e. The average molecular weight is 383 g/mol. The molecule has 1 aromatic heterocycles. The fourth-order valence-electron chi connectivity index (χ4n) is 8.11. The van der Waals surface area contributed by atoms with Crippen LogP contribution >= 0.6 is 0 Å². The molecule has 1 N–H and O–H groups in total. The number of fused-ring (bicyclic) bond motifs is 5. The van der Waals surface area contributed by atoms with Crippen LogP contribution < -0.4 is 0 Å². The second-order valence-corrected chi connectivity index (χ2v) is 10.9. The summed E-state index contributed by atoms with van der Waals surface area (Å²) < 4.78 is 1.98. The predicted molar refractivity (Wildman–Crippen MR) is 114 cm³/mol. The van der Waals surface area contributed by atoms with Gasteiger partial charge in [-0.1, -0.05) is 26.7 Å². The van der Waals surface area contributed by atoms with E-state index in [4.69, 9.17) is 0 Å². The van der Waals surface area contributed by atoms with Crippen LogP contribution in [0.4, 0.5) is 0 Å². The number of hydrogen-bond donors (Lipinski definition) is 1. The van der Waals surface area contributed by atoms with Crippen LogP contribution in [0, 0.1) is 34.5 Å². The minimum absolute atomic E-state index is 0.0676. The van der Waals surface area contributed by atoms with Crippen molar-refractivity contribution in [3.63, 3.8) is 0 Å². The second kappa shape index (κ2) is 6.72. The molecule has 5 rings (SSSR count). The Morgan fingerprint density at radius 2 is 1.96 bits per heavy atom. The second-order valence-electron chi connectivity index (χ2n) is 10.9. The summed E-state index contributed by atoms with van der Waals surface area (Å²) in [7, 11) is 0. The third-order valence-electron chi connectivity index (χ3n) is 9.77. The van der Waals surface area contributed by atoms with Crippen LogP contribution in [0.3, 0.4) is 0 Å². The molecular weight excluding hydrogens is 344 g/mol. The third-order valence-corrected chi connectivity index (χ3v) is 9.77. The van der Waals surface area contributed by atoms with Crippen molar-refractivity contribution in [2.75, 3.05) is 0 Å². The van der Waals surface area contributed by atoms with E-state index in [0.29, 0.717) is 11.3 Å². The smallest absolute Gasteiger partial charge is 0.0851 e. The van der Waals surface area contributed by atoms with Gasteiger partial charge in [0, 0.05) is 18.2 Å². The number of hydrogen-bond acceptors (Lipinski definition) is 2. The van der Waals surface area contributed by atoms with Crippen molar-refractivity contribution in [3.05, 3.63) is 23.5 Å². The molecule has 4 aliphatic carbocycles. The van der Waals surface area contributed by atoms with Crippen molar-refractivity contribution in [2.45, 2.75) is 91.2 Å². The number of aryl methyl sites for hydroxylation is 1. The van der Waals surface area contributed by atoms with E-state index in [2.05, 4.69) is 38.0 Å². The number of aliphatic hydroxyl groups excluding tert-OH is 1. The molecule has 4 aliphatic rings. The van der Waals surface area contributed by atoms with Crippen LogP contribution in [0.25, 0.3) is 6.08 Å². The van der Waals surface area contributed by atoms with Crippen molar-refractivity contribution in [2.24, 2.45) is 34.5 Å². The standard InChI is InChI=1S/C25H38N2O/c1-4-27-14-11-19(26-27)15-17-16-22-20-9-8-18-7-5-6-12-24(18,2)21(20)10-13-25(22,3)23(17)28/h11,14-15,18,20-23,28H,4-10,12-13,16H2,1-3H3/b17-15+/t18-,20+,21-,22-,23-,24+,25+/m1/s1. The Kier molecular flexibility index (Phi) is 4.54. The quantitative estimate of drug-likeness (QED) is 0.713. The van der Waals surface area contributed by atoms with Crippen LogP contribution in [0.1, 0.15) is 84.3 Å². The summed E-state index contributed by atoms with van der Waals surface area (Å²) in [6.07, 6.45) is 16.2. The lowest BCUT2D eigenvalue weighted by molar-refractivity contribution is -0.119.